The first-order valence-electron chi connectivity index (χ1n) is 9.23. The van der Waals surface area contributed by atoms with Gasteiger partial charge in [0.1, 0.15) is 12.0 Å². The maximum absolute atomic E-state index is 13.4. The number of amides is 1. The van der Waals surface area contributed by atoms with Crippen LogP contribution in [0.15, 0.2) is 36.4 Å². The molecule has 0 radical (unpaired) electrons. The van der Waals surface area contributed by atoms with Gasteiger partial charge in [-0.2, -0.15) is 0 Å². The Hall–Kier alpha value is -2.80. The Morgan fingerprint density at radius 1 is 1.00 bits per heavy atom. The van der Waals surface area contributed by atoms with Gasteiger partial charge in [0.15, 0.2) is 11.5 Å². The van der Waals surface area contributed by atoms with Crippen molar-refractivity contribution in [2.75, 3.05) is 32.8 Å². The summed E-state index contributed by atoms with van der Waals surface area (Å²) in [5, 5.41) is 0. The van der Waals surface area contributed by atoms with E-state index in [0.29, 0.717) is 22.9 Å². The molecule has 2 aliphatic heterocycles. The molecule has 2 atom stereocenters. The van der Waals surface area contributed by atoms with Crippen molar-refractivity contribution in [1.29, 1.82) is 0 Å². The van der Waals surface area contributed by atoms with Gasteiger partial charge in [-0.05, 0) is 54.8 Å². The smallest absolute Gasteiger partial charge is 0.246 e. The lowest BCUT2D eigenvalue weighted by atomic mass is 10.1. The van der Waals surface area contributed by atoms with Crippen molar-refractivity contribution in [1.82, 2.24) is 4.90 Å². The summed E-state index contributed by atoms with van der Waals surface area (Å²) < 4.78 is 29.9. The molecule has 2 fully saturated rings. The van der Waals surface area contributed by atoms with Crippen LogP contribution in [0, 0.1) is 5.82 Å². The minimum absolute atomic E-state index is 0.0304. The minimum atomic E-state index is -0.333. The Labute approximate surface area is 163 Å². The van der Waals surface area contributed by atoms with E-state index in [0.717, 1.165) is 24.9 Å². The van der Waals surface area contributed by atoms with Gasteiger partial charge >= 0.3 is 0 Å². The van der Waals surface area contributed by atoms with Crippen LogP contribution in [-0.4, -0.2) is 44.7 Å². The molecule has 2 aliphatic rings. The van der Waals surface area contributed by atoms with Crippen LogP contribution in [0.1, 0.15) is 24.6 Å². The Morgan fingerprint density at radius 2 is 1.64 bits per heavy atom. The van der Waals surface area contributed by atoms with Crippen molar-refractivity contribution in [2.24, 2.45) is 0 Å². The second-order valence-electron chi connectivity index (χ2n) is 6.91. The molecule has 2 saturated heterocycles. The third kappa shape index (κ3) is 2.86. The molecule has 4 rings (SSSR count). The first-order chi connectivity index (χ1) is 13.6. The topological polar surface area (TPSA) is 51.2 Å². The number of fused-ring (bicyclic) bond motifs is 1. The van der Waals surface area contributed by atoms with Gasteiger partial charge in [-0.3, -0.25) is 14.6 Å². The number of carbonyl (C=O) groups is 1. The van der Waals surface area contributed by atoms with Crippen molar-refractivity contribution in [3.05, 3.63) is 47.8 Å². The number of hydrogen-bond acceptors (Lipinski definition) is 5. The van der Waals surface area contributed by atoms with E-state index >= 15 is 0 Å². The summed E-state index contributed by atoms with van der Waals surface area (Å²) in [6, 6.07) is 9.60. The standard InChI is InChI=1S/C21H23FN2O4/c1-26-17-11-13(12-18(27-2)19(17)28-3)20-23-10-4-5-16(23)21(25)24(20)15-8-6-14(22)7-9-15/h6-9,11-12,16,20H,4-5,10H2,1-3H3. The van der Waals surface area contributed by atoms with Crippen molar-refractivity contribution >= 4 is 11.6 Å². The third-order valence-corrected chi connectivity index (χ3v) is 5.47. The van der Waals surface area contributed by atoms with Crippen molar-refractivity contribution < 1.29 is 23.4 Å². The molecule has 0 N–H and O–H groups in total. The molecule has 6 nitrogen and oxygen atoms in total. The van der Waals surface area contributed by atoms with Crippen LogP contribution in [0.5, 0.6) is 17.2 Å². The van der Waals surface area contributed by atoms with Crippen LogP contribution in [0.25, 0.3) is 0 Å². The fourth-order valence-corrected chi connectivity index (χ4v) is 4.24. The summed E-state index contributed by atoms with van der Waals surface area (Å²) >= 11 is 0. The van der Waals surface area contributed by atoms with Crippen molar-refractivity contribution in [3.63, 3.8) is 0 Å². The summed E-state index contributed by atoms with van der Waals surface area (Å²) in [5.41, 5.74) is 1.52. The molecular weight excluding hydrogens is 363 g/mol. The van der Waals surface area contributed by atoms with E-state index < -0.39 is 0 Å². The van der Waals surface area contributed by atoms with Crippen LogP contribution in [0.4, 0.5) is 10.1 Å². The molecule has 0 aliphatic carbocycles. The minimum Gasteiger partial charge on any atom is -0.493 e. The van der Waals surface area contributed by atoms with Gasteiger partial charge in [-0.1, -0.05) is 0 Å². The van der Waals surface area contributed by atoms with E-state index in [1.54, 1.807) is 38.4 Å². The number of halogens is 1. The molecule has 0 spiro atoms. The van der Waals surface area contributed by atoms with Gasteiger partial charge in [0.2, 0.25) is 11.7 Å². The number of carbonyl (C=O) groups excluding carboxylic acids is 1. The quantitative estimate of drug-likeness (QED) is 0.789. The van der Waals surface area contributed by atoms with Gasteiger partial charge in [0.25, 0.3) is 0 Å². The molecule has 0 saturated carbocycles. The molecule has 0 bridgehead atoms. The highest BCUT2D eigenvalue weighted by molar-refractivity contribution is 6.00. The maximum Gasteiger partial charge on any atom is 0.246 e. The lowest BCUT2D eigenvalue weighted by Gasteiger charge is -2.30. The molecular formula is C21H23FN2O4. The normalized spacial score (nSPS) is 21.7. The van der Waals surface area contributed by atoms with E-state index in [9.17, 15) is 9.18 Å². The van der Waals surface area contributed by atoms with E-state index in [1.165, 1.54) is 12.1 Å². The highest BCUT2D eigenvalue weighted by Crippen LogP contribution is 2.46. The molecule has 148 valence electrons. The SMILES string of the molecule is COc1cc(C2N(c3ccc(F)cc3)C(=O)C3CCCN32)cc(OC)c1OC. The van der Waals surface area contributed by atoms with Gasteiger partial charge in [-0.15, -0.1) is 0 Å². The monoisotopic (exact) mass is 386 g/mol. The summed E-state index contributed by atoms with van der Waals surface area (Å²) in [6.07, 6.45) is 1.46. The molecule has 2 aromatic carbocycles. The largest absolute Gasteiger partial charge is 0.493 e. The van der Waals surface area contributed by atoms with Gasteiger partial charge in [0.05, 0.1) is 27.4 Å². The Bertz CT molecular complexity index is 861. The molecule has 2 heterocycles. The average molecular weight is 386 g/mol. The van der Waals surface area contributed by atoms with Gasteiger partial charge < -0.3 is 14.2 Å². The average Bonchev–Trinajstić information content (AvgIpc) is 3.29. The van der Waals surface area contributed by atoms with E-state index in [2.05, 4.69) is 4.90 Å². The molecule has 2 unspecified atom stereocenters. The van der Waals surface area contributed by atoms with Crippen molar-refractivity contribution in [3.8, 4) is 17.2 Å². The number of rotatable bonds is 5. The Balaban J connectivity index is 1.85. The van der Waals surface area contributed by atoms with E-state index in [-0.39, 0.29) is 23.9 Å². The second-order valence-corrected chi connectivity index (χ2v) is 6.91. The fourth-order valence-electron chi connectivity index (χ4n) is 4.24. The third-order valence-electron chi connectivity index (χ3n) is 5.47. The maximum atomic E-state index is 13.4. The first-order valence-corrected chi connectivity index (χ1v) is 9.23. The number of anilines is 1. The lowest BCUT2D eigenvalue weighted by molar-refractivity contribution is -0.119. The van der Waals surface area contributed by atoms with E-state index in [1.807, 2.05) is 12.1 Å². The Morgan fingerprint density at radius 3 is 2.21 bits per heavy atom. The second kappa shape index (κ2) is 7.31. The Kier molecular flexibility index (Phi) is 4.85. The number of benzene rings is 2. The lowest BCUT2D eigenvalue weighted by Crippen LogP contribution is -2.32. The van der Waals surface area contributed by atoms with Crippen LogP contribution >= 0.6 is 0 Å². The number of ether oxygens (including phenoxy) is 3. The van der Waals surface area contributed by atoms with Crippen LogP contribution < -0.4 is 19.1 Å². The highest BCUT2D eigenvalue weighted by Gasteiger charge is 2.49. The van der Waals surface area contributed by atoms with Crippen LogP contribution in [0.2, 0.25) is 0 Å². The van der Waals surface area contributed by atoms with Crippen LogP contribution in [-0.2, 0) is 4.79 Å². The molecule has 1 amide bonds. The molecule has 7 heteroatoms. The summed E-state index contributed by atoms with van der Waals surface area (Å²) in [6.45, 7) is 0.815. The zero-order chi connectivity index (χ0) is 19.8. The predicted octanol–water partition coefficient (Wildman–Crippen LogP) is 3.36. The van der Waals surface area contributed by atoms with Crippen LogP contribution in [0.3, 0.4) is 0 Å². The summed E-state index contributed by atoms with van der Waals surface area (Å²) in [5.74, 6) is 1.27. The number of nitrogens with zero attached hydrogens (tertiary/aromatic N) is 2. The van der Waals surface area contributed by atoms with Gasteiger partial charge in [-0.25, -0.2) is 4.39 Å². The zero-order valence-corrected chi connectivity index (χ0v) is 16.1. The van der Waals surface area contributed by atoms with Crippen molar-refractivity contribution in [2.45, 2.75) is 25.0 Å². The number of methoxy groups -OCH3 is 3. The van der Waals surface area contributed by atoms with E-state index in [4.69, 9.17) is 14.2 Å². The fraction of sp³-hybridized carbons (Fsp3) is 0.381. The highest BCUT2D eigenvalue weighted by atomic mass is 19.1. The molecule has 2 aromatic rings. The summed E-state index contributed by atoms with van der Waals surface area (Å²) in [7, 11) is 4.69. The van der Waals surface area contributed by atoms with Gasteiger partial charge in [0, 0.05) is 12.2 Å². The molecule has 28 heavy (non-hydrogen) atoms. The first kappa shape index (κ1) is 18.6. The predicted molar refractivity (Wildman–Crippen MR) is 102 cm³/mol. The summed E-state index contributed by atoms with van der Waals surface area (Å²) in [4.78, 5) is 17.1. The molecule has 0 aromatic heterocycles. The zero-order valence-electron chi connectivity index (χ0n) is 16.1. The number of hydrogen-bond donors (Lipinski definition) is 0.